The quantitative estimate of drug-likeness (QED) is 0.316. The van der Waals surface area contributed by atoms with Crippen LogP contribution in [0.25, 0.3) is 0 Å². The highest BCUT2D eigenvalue weighted by Crippen LogP contribution is 2.05. The Morgan fingerprint density at radius 3 is 2.43 bits per heavy atom. The molecule has 0 fully saturated rings. The molecule has 0 aliphatic heterocycles. The maximum absolute atomic E-state index is 10.2. The van der Waals surface area contributed by atoms with E-state index in [4.69, 9.17) is 0 Å². The topological polar surface area (TPSA) is 20.3 Å². The van der Waals surface area contributed by atoms with E-state index in [1.54, 1.807) is 11.9 Å². The third-order valence-electron chi connectivity index (χ3n) is 2.21. The van der Waals surface area contributed by atoms with Crippen LogP contribution in [-0.2, 0) is 4.79 Å². The lowest BCUT2D eigenvalue weighted by Crippen LogP contribution is -2.14. The van der Waals surface area contributed by atoms with Gasteiger partial charge in [0.25, 0.3) is 0 Å². The zero-order valence-electron chi connectivity index (χ0n) is 9.54. The van der Waals surface area contributed by atoms with Gasteiger partial charge in [0.2, 0.25) is 6.41 Å². The predicted molar refractivity (Wildman–Crippen MR) is 61.2 cm³/mol. The molecule has 0 bridgehead atoms. The number of allylic oxidation sites excluding steroid dienone is 1. The standard InChI is InChI=1S/C12H23NO/c1-3-4-5-6-7-8-9-10-11-13(2)12-14/h9-10,12H,3-8,11H2,1-2H3. The predicted octanol–water partition coefficient (Wildman–Crippen LogP) is 2.99. The molecule has 0 unspecified atom stereocenters. The van der Waals surface area contributed by atoms with Gasteiger partial charge < -0.3 is 4.90 Å². The van der Waals surface area contributed by atoms with Crippen molar-refractivity contribution < 1.29 is 4.79 Å². The molecule has 0 spiro atoms. The van der Waals surface area contributed by atoms with Crippen LogP contribution >= 0.6 is 0 Å². The molecule has 1 amide bonds. The van der Waals surface area contributed by atoms with E-state index in [0.29, 0.717) is 0 Å². The van der Waals surface area contributed by atoms with Crippen molar-refractivity contribution in [2.45, 2.75) is 45.4 Å². The number of nitrogens with zero attached hydrogens (tertiary/aromatic N) is 1. The molecule has 0 aromatic rings. The number of rotatable bonds is 9. The lowest BCUT2D eigenvalue weighted by Gasteiger charge is -2.04. The third kappa shape index (κ3) is 9.30. The summed E-state index contributed by atoms with van der Waals surface area (Å²) < 4.78 is 0. The number of hydrogen-bond acceptors (Lipinski definition) is 1. The molecule has 0 heterocycles. The molecule has 0 aliphatic rings. The summed E-state index contributed by atoms with van der Waals surface area (Å²) in [5.74, 6) is 0. The SMILES string of the molecule is CCCCCCCC=CCN(C)C=O. The molecule has 0 aromatic heterocycles. The third-order valence-corrected chi connectivity index (χ3v) is 2.21. The van der Waals surface area contributed by atoms with Crippen molar-refractivity contribution in [3.05, 3.63) is 12.2 Å². The average molecular weight is 197 g/mol. The Hall–Kier alpha value is -0.790. The van der Waals surface area contributed by atoms with Gasteiger partial charge in [0.15, 0.2) is 0 Å². The Bertz CT molecular complexity index is 154. The van der Waals surface area contributed by atoms with Crippen LogP contribution in [-0.4, -0.2) is 24.9 Å². The average Bonchev–Trinajstić information content (AvgIpc) is 2.21. The van der Waals surface area contributed by atoms with Gasteiger partial charge in [0.1, 0.15) is 0 Å². The van der Waals surface area contributed by atoms with Crippen molar-refractivity contribution >= 4 is 6.41 Å². The fourth-order valence-electron chi connectivity index (χ4n) is 1.27. The van der Waals surface area contributed by atoms with Crippen LogP contribution in [0.5, 0.6) is 0 Å². The second-order valence-corrected chi connectivity index (χ2v) is 3.72. The number of carbonyl (C=O) groups is 1. The van der Waals surface area contributed by atoms with Crippen molar-refractivity contribution in [1.82, 2.24) is 4.90 Å². The molecule has 14 heavy (non-hydrogen) atoms. The first-order valence-corrected chi connectivity index (χ1v) is 5.61. The summed E-state index contributed by atoms with van der Waals surface area (Å²) >= 11 is 0. The number of amides is 1. The van der Waals surface area contributed by atoms with Gasteiger partial charge in [-0.15, -0.1) is 0 Å². The minimum atomic E-state index is 0.735. The van der Waals surface area contributed by atoms with Gasteiger partial charge in [-0.05, 0) is 12.8 Å². The summed E-state index contributed by atoms with van der Waals surface area (Å²) in [5, 5.41) is 0. The Morgan fingerprint density at radius 2 is 1.79 bits per heavy atom. The zero-order chi connectivity index (χ0) is 10.6. The normalized spacial score (nSPS) is 10.7. The molecule has 0 radical (unpaired) electrons. The Balaban J connectivity index is 3.14. The van der Waals surface area contributed by atoms with Crippen LogP contribution in [0, 0.1) is 0 Å². The fourth-order valence-corrected chi connectivity index (χ4v) is 1.27. The Kier molecular flexibility index (Phi) is 9.71. The number of carbonyl (C=O) groups excluding carboxylic acids is 1. The van der Waals surface area contributed by atoms with Crippen molar-refractivity contribution in [2.75, 3.05) is 13.6 Å². The second kappa shape index (κ2) is 10.3. The van der Waals surface area contributed by atoms with Crippen LogP contribution in [0.4, 0.5) is 0 Å². The van der Waals surface area contributed by atoms with Gasteiger partial charge in [-0.1, -0.05) is 44.8 Å². The fraction of sp³-hybridized carbons (Fsp3) is 0.750. The summed E-state index contributed by atoms with van der Waals surface area (Å²) in [6, 6.07) is 0. The van der Waals surface area contributed by atoms with E-state index in [-0.39, 0.29) is 0 Å². The van der Waals surface area contributed by atoms with Crippen molar-refractivity contribution in [2.24, 2.45) is 0 Å². The first kappa shape index (κ1) is 13.2. The maximum atomic E-state index is 10.2. The van der Waals surface area contributed by atoms with Gasteiger partial charge in [-0.25, -0.2) is 0 Å². The molecule has 0 aromatic carbocycles. The van der Waals surface area contributed by atoms with E-state index in [1.807, 2.05) is 0 Å². The Labute approximate surface area is 88.0 Å². The highest BCUT2D eigenvalue weighted by molar-refractivity contribution is 5.46. The molecule has 2 heteroatoms. The number of unbranched alkanes of at least 4 members (excludes halogenated alkanes) is 5. The number of likely N-dealkylation sites (N-methyl/N-ethyl adjacent to an activating group) is 1. The summed E-state index contributed by atoms with van der Waals surface area (Å²) in [6.45, 7) is 2.97. The summed E-state index contributed by atoms with van der Waals surface area (Å²) in [6.07, 6.45) is 12.9. The van der Waals surface area contributed by atoms with Crippen molar-refractivity contribution in [1.29, 1.82) is 0 Å². The van der Waals surface area contributed by atoms with Gasteiger partial charge in [-0.3, -0.25) is 4.79 Å². The molecular weight excluding hydrogens is 174 g/mol. The number of hydrogen-bond donors (Lipinski definition) is 0. The van der Waals surface area contributed by atoms with Crippen molar-refractivity contribution in [3.8, 4) is 0 Å². The van der Waals surface area contributed by atoms with Gasteiger partial charge in [0.05, 0.1) is 0 Å². The molecule has 0 atom stereocenters. The largest absolute Gasteiger partial charge is 0.345 e. The molecule has 0 N–H and O–H groups in total. The van der Waals surface area contributed by atoms with E-state index in [1.165, 1.54) is 32.1 Å². The highest BCUT2D eigenvalue weighted by atomic mass is 16.1. The van der Waals surface area contributed by atoms with E-state index in [9.17, 15) is 4.79 Å². The first-order chi connectivity index (χ1) is 6.81. The summed E-state index contributed by atoms with van der Waals surface area (Å²) in [5.41, 5.74) is 0. The maximum Gasteiger partial charge on any atom is 0.209 e. The van der Waals surface area contributed by atoms with Crippen LogP contribution in [0.15, 0.2) is 12.2 Å². The van der Waals surface area contributed by atoms with Crippen LogP contribution in [0.3, 0.4) is 0 Å². The van der Waals surface area contributed by atoms with Crippen LogP contribution in [0.1, 0.15) is 45.4 Å². The summed E-state index contributed by atoms with van der Waals surface area (Å²) in [7, 11) is 1.79. The minimum absolute atomic E-state index is 0.735. The van der Waals surface area contributed by atoms with E-state index >= 15 is 0 Å². The molecule has 0 saturated heterocycles. The highest BCUT2D eigenvalue weighted by Gasteiger charge is 1.88. The zero-order valence-corrected chi connectivity index (χ0v) is 9.54. The Morgan fingerprint density at radius 1 is 1.07 bits per heavy atom. The van der Waals surface area contributed by atoms with E-state index in [2.05, 4.69) is 19.1 Å². The van der Waals surface area contributed by atoms with Gasteiger partial charge in [0, 0.05) is 13.6 Å². The van der Waals surface area contributed by atoms with Gasteiger partial charge in [-0.2, -0.15) is 0 Å². The molecule has 82 valence electrons. The lowest BCUT2D eigenvalue weighted by molar-refractivity contribution is -0.116. The van der Waals surface area contributed by atoms with Crippen molar-refractivity contribution in [3.63, 3.8) is 0 Å². The van der Waals surface area contributed by atoms with E-state index in [0.717, 1.165) is 19.4 Å². The van der Waals surface area contributed by atoms with Gasteiger partial charge >= 0.3 is 0 Å². The molecular formula is C12H23NO. The first-order valence-electron chi connectivity index (χ1n) is 5.61. The molecule has 0 aliphatic carbocycles. The molecule has 0 rings (SSSR count). The van der Waals surface area contributed by atoms with Crippen LogP contribution < -0.4 is 0 Å². The molecule has 0 saturated carbocycles. The van der Waals surface area contributed by atoms with Crippen LogP contribution in [0.2, 0.25) is 0 Å². The second-order valence-electron chi connectivity index (χ2n) is 3.72. The minimum Gasteiger partial charge on any atom is -0.345 e. The molecule has 2 nitrogen and oxygen atoms in total. The monoisotopic (exact) mass is 197 g/mol. The smallest absolute Gasteiger partial charge is 0.209 e. The van der Waals surface area contributed by atoms with E-state index < -0.39 is 0 Å². The lowest BCUT2D eigenvalue weighted by atomic mass is 10.1. The summed E-state index contributed by atoms with van der Waals surface area (Å²) in [4.78, 5) is 11.9.